The number of oxazole rings is 1. The molecule has 96 valence electrons. The van der Waals surface area contributed by atoms with Crippen molar-refractivity contribution < 1.29 is 9.15 Å². The van der Waals surface area contributed by atoms with Crippen molar-refractivity contribution in [3.63, 3.8) is 0 Å². The largest absolute Gasteiger partial charge is 0.479 e. The van der Waals surface area contributed by atoms with Gasteiger partial charge in [-0.3, -0.25) is 0 Å². The Bertz CT molecular complexity index is 526. The molecule has 18 heavy (non-hydrogen) atoms. The van der Waals surface area contributed by atoms with E-state index in [4.69, 9.17) is 14.9 Å². The number of aryl methyl sites for hydroxylation is 1. The summed E-state index contributed by atoms with van der Waals surface area (Å²) in [6.07, 6.45) is 3.90. The summed E-state index contributed by atoms with van der Waals surface area (Å²) in [6.45, 7) is 2.41. The molecule has 0 bridgehead atoms. The molecular formula is C11H15N5O2. The van der Waals surface area contributed by atoms with Crippen LogP contribution in [-0.4, -0.2) is 22.1 Å². The second kappa shape index (κ2) is 5.35. The van der Waals surface area contributed by atoms with Crippen LogP contribution in [0.5, 0.6) is 5.88 Å². The first-order chi connectivity index (χ1) is 8.74. The highest BCUT2D eigenvalue weighted by molar-refractivity contribution is 5.66. The fourth-order valence-corrected chi connectivity index (χ4v) is 1.44. The van der Waals surface area contributed by atoms with Crippen LogP contribution in [0.3, 0.4) is 0 Å². The third kappa shape index (κ3) is 2.50. The molecule has 0 saturated heterocycles. The standard InChI is InChI=1S/C11H15N5O2/c1-3-7-4-13-8(18-7)5-14-10-9(12)11(17-2)16-6-15-10/h4,6H,3,5,12H2,1-2H3,(H,14,15,16). The highest BCUT2D eigenvalue weighted by atomic mass is 16.5. The summed E-state index contributed by atoms with van der Waals surface area (Å²) in [7, 11) is 1.50. The molecule has 7 heteroatoms. The number of hydrogen-bond donors (Lipinski definition) is 2. The average Bonchev–Trinajstić information content (AvgIpc) is 2.85. The van der Waals surface area contributed by atoms with Crippen molar-refractivity contribution in [3.05, 3.63) is 24.2 Å². The maximum Gasteiger partial charge on any atom is 0.242 e. The molecule has 3 N–H and O–H groups in total. The number of nitrogens with one attached hydrogen (secondary N) is 1. The zero-order valence-corrected chi connectivity index (χ0v) is 10.3. The molecule has 7 nitrogen and oxygen atoms in total. The number of nitrogen functional groups attached to an aromatic ring is 1. The van der Waals surface area contributed by atoms with Crippen LogP contribution in [-0.2, 0) is 13.0 Å². The van der Waals surface area contributed by atoms with Crippen LogP contribution >= 0.6 is 0 Å². The Balaban J connectivity index is 2.06. The summed E-state index contributed by atoms with van der Waals surface area (Å²) in [4.78, 5) is 12.1. The van der Waals surface area contributed by atoms with Crippen LogP contribution in [0.25, 0.3) is 0 Å². The monoisotopic (exact) mass is 249 g/mol. The lowest BCUT2D eigenvalue weighted by atomic mass is 10.4. The van der Waals surface area contributed by atoms with Gasteiger partial charge in [0.25, 0.3) is 0 Å². The summed E-state index contributed by atoms with van der Waals surface area (Å²) in [5.41, 5.74) is 6.19. The highest BCUT2D eigenvalue weighted by Gasteiger charge is 2.09. The maximum absolute atomic E-state index is 5.83. The average molecular weight is 249 g/mol. The van der Waals surface area contributed by atoms with Gasteiger partial charge in [0.15, 0.2) is 5.82 Å². The number of rotatable bonds is 5. The first kappa shape index (κ1) is 12.2. The number of anilines is 2. The van der Waals surface area contributed by atoms with E-state index in [1.807, 2.05) is 6.92 Å². The molecule has 2 aromatic rings. The Morgan fingerprint density at radius 2 is 2.22 bits per heavy atom. The summed E-state index contributed by atoms with van der Waals surface area (Å²) < 4.78 is 10.5. The second-order valence-electron chi connectivity index (χ2n) is 3.57. The number of nitrogens with zero attached hydrogens (tertiary/aromatic N) is 3. The molecule has 0 unspecified atom stereocenters. The molecule has 0 aliphatic heterocycles. The minimum atomic E-state index is 0.342. The molecule has 0 aliphatic rings. The second-order valence-corrected chi connectivity index (χ2v) is 3.57. The smallest absolute Gasteiger partial charge is 0.242 e. The molecule has 2 heterocycles. The first-order valence-corrected chi connectivity index (χ1v) is 5.56. The summed E-state index contributed by atoms with van der Waals surface area (Å²) >= 11 is 0. The molecule has 2 rings (SSSR count). The van der Waals surface area contributed by atoms with Gasteiger partial charge in [0.2, 0.25) is 11.8 Å². The van der Waals surface area contributed by atoms with Gasteiger partial charge in [0.1, 0.15) is 17.8 Å². The Morgan fingerprint density at radius 1 is 1.39 bits per heavy atom. The summed E-state index contributed by atoms with van der Waals surface area (Å²) in [5, 5.41) is 3.03. The predicted octanol–water partition coefficient (Wildman–Crippen LogP) is 1.23. The minimum absolute atomic E-state index is 0.342. The molecular weight excluding hydrogens is 234 g/mol. The molecule has 2 aromatic heterocycles. The Morgan fingerprint density at radius 3 is 2.89 bits per heavy atom. The van der Waals surface area contributed by atoms with Crippen LogP contribution in [0.15, 0.2) is 16.9 Å². The highest BCUT2D eigenvalue weighted by Crippen LogP contribution is 2.24. The lowest BCUT2D eigenvalue weighted by Crippen LogP contribution is -2.07. The van der Waals surface area contributed by atoms with E-state index in [1.165, 1.54) is 13.4 Å². The fraction of sp³-hybridized carbons (Fsp3) is 0.364. The molecule has 0 saturated carbocycles. The van der Waals surface area contributed by atoms with Crippen LogP contribution in [0.1, 0.15) is 18.6 Å². The van der Waals surface area contributed by atoms with Crippen LogP contribution in [0.2, 0.25) is 0 Å². The molecule has 0 spiro atoms. The third-order valence-electron chi connectivity index (χ3n) is 2.40. The fourth-order valence-electron chi connectivity index (χ4n) is 1.44. The predicted molar refractivity (Wildman–Crippen MR) is 66.2 cm³/mol. The van der Waals surface area contributed by atoms with Crippen molar-refractivity contribution in [2.75, 3.05) is 18.2 Å². The van der Waals surface area contributed by atoms with Gasteiger partial charge in [-0.2, -0.15) is 4.98 Å². The molecule has 0 aliphatic carbocycles. The normalized spacial score (nSPS) is 10.3. The Kier molecular flexibility index (Phi) is 3.61. The lowest BCUT2D eigenvalue weighted by Gasteiger charge is -2.08. The zero-order chi connectivity index (χ0) is 13.0. The van der Waals surface area contributed by atoms with Gasteiger partial charge >= 0.3 is 0 Å². The van der Waals surface area contributed by atoms with Crippen molar-refractivity contribution in [2.45, 2.75) is 19.9 Å². The van der Waals surface area contributed by atoms with E-state index in [1.54, 1.807) is 6.20 Å². The van der Waals surface area contributed by atoms with E-state index in [-0.39, 0.29) is 0 Å². The van der Waals surface area contributed by atoms with Gasteiger partial charge in [-0.05, 0) is 0 Å². The van der Waals surface area contributed by atoms with Crippen LogP contribution in [0, 0.1) is 0 Å². The SMILES string of the molecule is CCc1cnc(CNc2ncnc(OC)c2N)o1. The van der Waals surface area contributed by atoms with Gasteiger partial charge in [-0.1, -0.05) is 6.92 Å². The third-order valence-corrected chi connectivity index (χ3v) is 2.40. The minimum Gasteiger partial charge on any atom is -0.479 e. The Labute approximate surface area is 104 Å². The first-order valence-electron chi connectivity index (χ1n) is 5.56. The van der Waals surface area contributed by atoms with Crippen LogP contribution < -0.4 is 15.8 Å². The van der Waals surface area contributed by atoms with Crippen LogP contribution in [0.4, 0.5) is 11.5 Å². The van der Waals surface area contributed by atoms with Gasteiger partial charge < -0.3 is 20.2 Å². The van der Waals surface area contributed by atoms with E-state index in [9.17, 15) is 0 Å². The zero-order valence-electron chi connectivity index (χ0n) is 10.3. The van der Waals surface area contributed by atoms with Gasteiger partial charge in [0, 0.05) is 6.42 Å². The van der Waals surface area contributed by atoms with Crippen molar-refractivity contribution in [2.24, 2.45) is 0 Å². The quantitative estimate of drug-likeness (QED) is 0.822. The van der Waals surface area contributed by atoms with Crippen molar-refractivity contribution >= 4 is 11.5 Å². The molecule has 0 amide bonds. The molecule has 0 radical (unpaired) electrons. The van der Waals surface area contributed by atoms with E-state index >= 15 is 0 Å². The van der Waals surface area contributed by atoms with Crippen molar-refractivity contribution in [3.8, 4) is 5.88 Å². The summed E-state index contributed by atoms with van der Waals surface area (Å²) in [5.74, 6) is 2.27. The number of nitrogens with two attached hydrogens (primary N) is 1. The van der Waals surface area contributed by atoms with E-state index < -0.39 is 0 Å². The van der Waals surface area contributed by atoms with Gasteiger partial charge in [0.05, 0.1) is 19.9 Å². The molecule has 0 aromatic carbocycles. The lowest BCUT2D eigenvalue weighted by molar-refractivity contribution is 0.399. The van der Waals surface area contributed by atoms with Gasteiger partial charge in [-0.25, -0.2) is 9.97 Å². The number of hydrogen-bond acceptors (Lipinski definition) is 7. The number of aromatic nitrogens is 3. The Hall–Kier alpha value is -2.31. The van der Waals surface area contributed by atoms with Crippen molar-refractivity contribution in [1.29, 1.82) is 0 Å². The van der Waals surface area contributed by atoms with E-state index in [0.717, 1.165) is 12.2 Å². The number of methoxy groups -OCH3 is 1. The van der Waals surface area contributed by atoms with Gasteiger partial charge in [-0.15, -0.1) is 0 Å². The van der Waals surface area contributed by atoms with E-state index in [2.05, 4.69) is 20.3 Å². The number of ether oxygens (including phenoxy) is 1. The topological polar surface area (TPSA) is 99.1 Å². The van der Waals surface area contributed by atoms with E-state index in [0.29, 0.717) is 29.8 Å². The molecule has 0 fully saturated rings. The maximum atomic E-state index is 5.83. The molecule has 0 atom stereocenters. The summed E-state index contributed by atoms with van der Waals surface area (Å²) in [6, 6.07) is 0. The van der Waals surface area contributed by atoms with Crippen molar-refractivity contribution in [1.82, 2.24) is 15.0 Å².